The highest BCUT2D eigenvalue weighted by molar-refractivity contribution is 8.01. The van der Waals surface area contributed by atoms with Crippen LogP contribution in [0.3, 0.4) is 0 Å². The van der Waals surface area contributed by atoms with Gasteiger partial charge in [-0.3, -0.25) is 4.79 Å². The number of nitrogens with one attached hydrogen (secondary N) is 1. The number of amides is 1. The van der Waals surface area contributed by atoms with Crippen molar-refractivity contribution in [1.29, 1.82) is 0 Å². The van der Waals surface area contributed by atoms with Crippen LogP contribution >= 0.6 is 23.1 Å². The number of para-hydroxylation sites is 1. The fourth-order valence-corrected chi connectivity index (χ4v) is 3.97. The number of thiazole rings is 1. The highest BCUT2D eigenvalue weighted by atomic mass is 32.2. The number of thioether (sulfide) groups is 1. The number of aromatic nitrogens is 1. The number of alkyl halides is 3. The second-order valence-corrected chi connectivity index (χ2v) is 7.37. The third kappa shape index (κ3) is 4.61. The zero-order chi connectivity index (χ0) is 18.6. The molecular weight excluding hydrogens is 383 g/mol. The maximum atomic E-state index is 12.9. The average Bonchev–Trinajstić information content (AvgIpc) is 3.02. The largest absolute Gasteiger partial charge is 0.417 e. The molecule has 0 spiro atoms. The fraction of sp³-hybridized carbons (Fsp3) is 0.118. The minimum atomic E-state index is -4.48. The van der Waals surface area contributed by atoms with Crippen molar-refractivity contribution in [3.05, 3.63) is 59.7 Å². The number of rotatable bonds is 5. The fourth-order valence-electron chi connectivity index (χ4n) is 2.11. The highest BCUT2D eigenvalue weighted by Crippen LogP contribution is 2.31. The summed E-state index contributed by atoms with van der Waals surface area (Å²) in [5.41, 5.74) is 2.18. The molecule has 0 aliphatic heterocycles. The zero-order valence-electron chi connectivity index (χ0n) is 13.2. The van der Waals surface area contributed by atoms with E-state index in [4.69, 9.17) is 0 Å². The van der Waals surface area contributed by atoms with Crippen LogP contribution < -0.4 is 5.43 Å². The van der Waals surface area contributed by atoms with Crippen molar-refractivity contribution in [2.24, 2.45) is 5.10 Å². The van der Waals surface area contributed by atoms with E-state index in [2.05, 4.69) is 15.5 Å². The molecular formula is C17H12F3N3OS2. The monoisotopic (exact) mass is 395 g/mol. The first-order valence-corrected chi connectivity index (χ1v) is 9.20. The van der Waals surface area contributed by atoms with Gasteiger partial charge in [-0.2, -0.15) is 18.3 Å². The Morgan fingerprint density at radius 1 is 1.19 bits per heavy atom. The minimum absolute atomic E-state index is 0.0675. The Kier molecular flexibility index (Phi) is 5.58. The summed E-state index contributed by atoms with van der Waals surface area (Å²) < 4.78 is 40.4. The molecule has 2 aromatic carbocycles. The van der Waals surface area contributed by atoms with Gasteiger partial charge < -0.3 is 0 Å². The second kappa shape index (κ2) is 7.88. The van der Waals surface area contributed by atoms with Crippen LogP contribution in [-0.2, 0) is 11.0 Å². The van der Waals surface area contributed by atoms with Crippen molar-refractivity contribution in [3.63, 3.8) is 0 Å². The lowest BCUT2D eigenvalue weighted by atomic mass is 10.1. The molecule has 0 aliphatic rings. The van der Waals surface area contributed by atoms with E-state index >= 15 is 0 Å². The summed E-state index contributed by atoms with van der Waals surface area (Å²) in [7, 11) is 0. The topological polar surface area (TPSA) is 54.4 Å². The molecule has 0 radical (unpaired) electrons. The number of benzene rings is 2. The number of hydrazone groups is 1. The van der Waals surface area contributed by atoms with Gasteiger partial charge in [0.2, 0.25) is 0 Å². The van der Waals surface area contributed by atoms with Crippen molar-refractivity contribution in [2.45, 2.75) is 10.5 Å². The Morgan fingerprint density at radius 2 is 1.92 bits per heavy atom. The summed E-state index contributed by atoms with van der Waals surface area (Å²) in [6.45, 7) is 0. The van der Waals surface area contributed by atoms with Gasteiger partial charge in [-0.1, -0.05) is 42.1 Å². The smallest absolute Gasteiger partial charge is 0.272 e. The Labute approximate surface area is 155 Å². The molecule has 134 valence electrons. The Balaban J connectivity index is 1.57. The van der Waals surface area contributed by atoms with Gasteiger partial charge in [0.25, 0.3) is 5.91 Å². The molecule has 4 nitrogen and oxygen atoms in total. The second-order valence-electron chi connectivity index (χ2n) is 5.11. The molecule has 1 N–H and O–H groups in total. The average molecular weight is 395 g/mol. The summed E-state index contributed by atoms with van der Waals surface area (Å²) >= 11 is 2.72. The summed E-state index contributed by atoms with van der Waals surface area (Å²) in [6, 6.07) is 12.7. The van der Waals surface area contributed by atoms with Gasteiger partial charge in [-0.15, -0.1) is 11.3 Å². The van der Waals surface area contributed by atoms with E-state index in [-0.39, 0.29) is 11.3 Å². The van der Waals surface area contributed by atoms with Gasteiger partial charge in [0.1, 0.15) is 0 Å². The third-order valence-electron chi connectivity index (χ3n) is 3.26. The van der Waals surface area contributed by atoms with Crippen molar-refractivity contribution < 1.29 is 18.0 Å². The first kappa shape index (κ1) is 18.4. The summed E-state index contributed by atoms with van der Waals surface area (Å²) in [5.74, 6) is -0.354. The molecule has 0 aliphatic carbocycles. The van der Waals surface area contributed by atoms with E-state index in [9.17, 15) is 18.0 Å². The lowest BCUT2D eigenvalue weighted by molar-refractivity contribution is -0.137. The molecule has 0 bridgehead atoms. The molecule has 0 fully saturated rings. The van der Waals surface area contributed by atoms with E-state index in [0.29, 0.717) is 0 Å². The van der Waals surface area contributed by atoms with Crippen molar-refractivity contribution >= 4 is 45.4 Å². The van der Waals surface area contributed by atoms with E-state index in [1.54, 1.807) is 0 Å². The standard InChI is InChI=1S/C17H12F3N3OS2/c18-17(19,20)12-6-2-1-5-11(12)9-21-23-15(24)10-25-16-22-13-7-3-4-8-14(13)26-16/h1-9H,10H2,(H,23,24)/b21-9-. The Bertz CT molecular complexity index is 921. The molecule has 0 saturated carbocycles. The molecule has 1 amide bonds. The molecule has 26 heavy (non-hydrogen) atoms. The first-order valence-electron chi connectivity index (χ1n) is 7.40. The molecule has 3 rings (SSSR count). The molecule has 1 aromatic heterocycles. The summed E-state index contributed by atoms with van der Waals surface area (Å²) in [4.78, 5) is 16.2. The number of carbonyl (C=O) groups excluding carboxylic acids is 1. The molecule has 1 heterocycles. The van der Waals surface area contributed by atoms with Gasteiger partial charge in [0.15, 0.2) is 4.34 Å². The van der Waals surface area contributed by atoms with Crippen LogP contribution in [-0.4, -0.2) is 22.9 Å². The van der Waals surface area contributed by atoms with Gasteiger partial charge in [0.05, 0.1) is 27.7 Å². The Hall–Kier alpha value is -2.39. The van der Waals surface area contributed by atoms with Crippen LogP contribution in [0.25, 0.3) is 10.2 Å². The lowest BCUT2D eigenvalue weighted by Gasteiger charge is -2.09. The van der Waals surface area contributed by atoms with Gasteiger partial charge >= 0.3 is 6.18 Å². The predicted molar refractivity (Wildman–Crippen MR) is 97.5 cm³/mol. The summed E-state index contributed by atoms with van der Waals surface area (Å²) in [6.07, 6.45) is -3.49. The van der Waals surface area contributed by atoms with E-state index in [1.165, 1.54) is 41.3 Å². The summed E-state index contributed by atoms with van der Waals surface area (Å²) in [5, 5.41) is 3.62. The minimum Gasteiger partial charge on any atom is -0.272 e. The quantitative estimate of drug-likeness (QED) is 0.392. The van der Waals surface area contributed by atoms with Gasteiger partial charge in [0, 0.05) is 5.56 Å². The number of hydrogen-bond acceptors (Lipinski definition) is 5. The first-order chi connectivity index (χ1) is 12.4. The SMILES string of the molecule is O=C(CSc1nc2ccccc2s1)N/N=C\c1ccccc1C(F)(F)F. The molecule has 9 heteroatoms. The van der Waals surface area contributed by atoms with Crippen LogP contribution in [0.5, 0.6) is 0 Å². The van der Waals surface area contributed by atoms with Crippen molar-refractivity contribution in [1.82, 2.24) is 10.4 Å². The normalized spacial score (nSPS) is 12.0. The number of fused-ring (bicyclic) bond motifs is 1. The number of hydrogen-bond donors (Lipinski definition) is 1. The Morgan fingerprint density at radius 3 is 2.69 bits per heavy atom. The maximum absolute atomic E-state index is 12.9. The van der Waals surface area contributed by atoms with Crippen LogP contribution in [0.1, 0.15) is 11.1 Å². The zero-order valence-corrected chi connectivity index (χ0v) is 14.8. The van der Waals surface area contributed by atoms with Crippen LogP contribution in [0.15, 0.2) is 58.0 Å². The van der Waals surface area contributed by atoms with Crippen LogP contribution in [0.4, 0.5) is 13.2 Å². The maximum Gasteiger partial charge on any atom is 0.417 e. The third-order valence-corrected chi connectivity index (χ3v) is 5.44. The van der Waals surface area contributed by atoms with Crippen LogP contribution in [0, 0.1) is 0 Å². The number of nitrogens with zero attached hydrogens (tertiary/aromatic N) is 2. The van der Waals surface area contributed by atoms with Gasteiger partial charge in [-0.05, 0) is 18.2 Å². The highest BCUT2D eigenvalue weighted by Gasteiger charge is 2.32. The lowest BCUT2D eigenvalue weighted by Crippen LogP contribution is -2.20. The predicted octanol–water partition coefficient (Wildman–Crippen LogP) is 4.56. The van der Waals surface area contributed by atoms with E-state index < -0.39 is 17.6 Å². The van der Waals surface area contributed by atoms with Crippen molar-refractivity contribution in [3.8, 4) is 0 Å². The van der Waals surface area contributed by atoms with Crippen molar-refractivity contribution in [2.75, 3.05) is 5.75 Å². The molecule has 0 saturated heterocycles. The number of carbonyl (C=O) groups is 1. The number of halogens is 3. The molecule has 0 atom stereocenters. The molecule has 0 unspecified atom stereocenters. The van der Waals surface area contributed by atoms with E-state index in [1.807, 2.05) is 24.3 Å². The molecule has 3 aromatic rings. The van der Waals surface area contributed by atoms with Gasteiger partial charge in [-0.25, -0.2) is 10.4 Å². The van der Waals surface area contributed by atoms with Crippen LogP contribution in [0.2, 0.25) is 0 Å². The van der Waals surface area contributed by atoms with E-state index in [0.717, 1.165) is 26.8 Å².